The number of nitrogens with zero attached hydrogens (tertiary/aromatic N) is 5. The molecule has 6 nitrogen and oxygen atoms in total. The molecule has 24 aromatic carbocycles. The van der Waals surface area contributed by atoms with Crippen molar-refractivity contribution in [1.29, 1.82) is 0 Å². The molecule has 0 radical (unpaired) electrons. The Labute approximate surface area is 865 Å². The molecule has 0 saturated heterocycles. The van der Waals surface area contributed by atoms with Gasteiger partial charge in [0.2, 0.25) is 0 Å². The van der Waals surface area contributed by atoms with Crippen LogP contribution in [0.1, 0.15) is 0 Å². The van der Waals surface area contributed by atoms with Crippen molar-refractivity contribution in [2.45, 2.75) is 6.73 Å². The monoisotopic (exact) mass is 1920 g/mol. The highest BCUT2D eigenvalue weighted by atomic mass is 32.1. The van der Waals surface area contributed by atoms with Crippen LogP contribution in [0.15, 0.2) is 558 Å². The molecule has 0 amide bonds. The smallest absolute Gasteiger partial charge is 0.293 e. The molecule has 0 saturated carbocycles. The summed E-state index contributed by atoms with van der Waals surface area (Å²) in [5, 5.41) is 21.9. The van der Waals surface area contributed by atoms with Crippen LogP contribution in [0.3, 0.4) is 0 Å². The molecule has 1 aliphatic heterocycles. The normalized spacial score (nSPS) is 11.8. The summed E-state index contributed by atoms with van der Waals surface area (Å²) < 4.78 is 19.9. The highest BCUT2D eigenvalue weighted by molar-refractivity contribution is 7.27. The highest BCUT2D eigenvalue weighted by Crippen LogP contribution is 2.49. The maximum absolute atomic E-state index is 5.48. The fourth-order valence-corrected chi connectivity index (χ4v) is 24.6. The van der Waals surface area contributed by atoms with Crippen molar-refractivity contribution in [3.8, 4) is 118 Å². The molecule has 6 aromatic heterocycles. The molecule has 7 heterocycles. The van der Waals surface area contributed by atoms with Gasteiger partial charge in [-0.25, -0.2) is 0 Å². The Morgan fingerprint density at radius 3 is 0.879 bits per heavy atom. The molecule has 0 fully saturated rings. The van der Waals surface area contributed by atoms with Crippen molar-refractivity contribution >= 4 is 162 Å². The maximum atomic E-state index is 5.48. The van der Waals surface area contributed by atoms with Gasteiger partial charge in [0.15, 0.2) is 11.9 Å². The molecule has 7 heteroatoms. The number of benzene rings is 24. The molecule has 0 N–H and O–H groups in total. The minimum atomic E-state index is 0.649. The first kappa shape index (κ1) is 87.5. The molecular formula is C142H94N5OS+. The number of hydrogen-bond donors (Lipinski definition) is 0. The Morgan fingerprint density at radius 1 is 0.174 bits per heavy atom. The fourth-order valence-electron chi connectivity index (χ4n) is 23.2. The molecule has 149 heavy (non-hydrogen) atoms. The summed E-state index contributed by atoms with van der Waals surface area (Å²) in [6.07, 6.45) is 2.04. The topological polar surface area (TPSA) is 32.8 Å². The minimum absolute atomic E-state index is 0.649. The van der Waals surface area contributed by atoms with Crippen LogP contribution in [-0.2, 0) is 6.73 Å². The molecule has 0 atom stereocenters. The fraction of sp³-hybridized carbons (Fsp3) is 0.00704. The molecule has 1 aliphatic rings. The Bertz CT molecular complexity index is 9980. The van der Waals surface area contributed by atoms with Gasteiger partial charge in [-0.1, -0.05) is 406 Å². The van der Waals surface area contributed by atoms with Crippen LogP contribution in [0.4, 0.5) is 0 Å². The first-order valence-corrected chi connectivity index (χ1v) is 51.9. The van der Waals surface area contributed by atoms with E-state index in [4.69, 9.17) is 4.74 Å². The Morgan fingerprint density at radius 2 is 0.450 bits per heavy atom. The third kappa shape index (κ3) is 15.4. The van der Waals surface area contributed by atoms with E-state index >= 15 is 0 Å². The summed E-state index contributed by atoms with van der Waals surface area (Å²) in [5.74, 6) is 0.994. The van der Waals surface area contributed by atoms with Crippen LogP contribution in [-0.4, -0.2) is 18.3 Å². The van der Waals surface area contributed by atoms with Crippen molar-refractivity contribution in [1.82, 2.24) is 18.3 Å². The number of para-hydroxylation sites is 5. The Kier molecular flexibility index (Phi) is 21.8. The standard InChI is InChI=1S/C48H32N2.C42H28N2.C42H26S.C10H8NO/c1-3-11-33(12-4-1)35-19-25-39(26-20-35)49-45-17-9-7-15-41(45)43-31-37(23-29-47(43)49)38-24-30-48-44(32-38)42-16-8-10-18-46(42)50(48)40-27-21-36(22-28-40)34-13-5-2-6-14-34;1-3-11-29(12-4-1)31-19-23-33(24-20-31)43-37-17-9-7-15-35(37)41-39(43)27-28-40-42(41)36-16-8-10-18-38(36)44(40)34-25-21-32(22-26-34)30-13-5-2-6-14-30;1-2-11-27(12-3-1)31-19-9-21-38-39-22-10-20-32(42(39)43-41(31)38)30-14-8-13-28(25-30)29-23-24-37-35-17-5-4-15-33(35)34-16-6-7-18-36(34)40(37)26-29;1-3-8-4-2-6-11-7-12-9(5-1)10(8)11/h1-32H;1-28H;1-26H;1-6H,7H2/q;;;+1. The summed E-state index contributed by atoms with van der Waals surface area (Å²) >= 11 is 1.91. The number of thiophene rings is 1. The van der Waals surface area contributed by atoms with Gasteiger partial charge in [0.25, 0.3) is 12.2 Å². The van der Waals surface area contributed by atoms with E-state index in [1.165, 1.54) is 240 Å². The lowest BCUT2D eigenvalue weighted by Gasteiger charge is -2.12. The zero-order valence-corrected chi connectivity index (χ0v) is 82.2. The zero-order chi connectivity index (χ0) is 98.4. The van der Waals surface area contributed by atoms with Gasteiger partial charge in [-0.05, 0) is 261 Å². The molecule has 0 bridgehead atoms. The first-order chi connectivity index (χ1) is 73.9. The highest BCUT2D eigenvalue weighted by Gasteiger charge is 2.26. The molecule has 698 valence electrons. The molecule has 30 aromatic rings. The quantitative estimate of drug-likeness (QED) is 0.0886. The molecular weight excluding hydrogens is 1820 g/mol. The van der Waals surface area contributed by atoms with E-state index in [0.29, 0.717) is 6.73 Å². The van der Waals surface area contributed by atoms with Gasteiger partial charge in [0.05, 0.1) is 49.5 Å². The first-order valence-electron chi connectivity index (χ1n) is 51.1. The van der Waals surface area contributed by atoms with Crippen LogP contribution in [0.5, 0.6) is 5.75 Å². The van der Waals surface area contributed by atoms with E-state index in [0.717, 1.165) is 28.5 Å². The van der Waals surface area contributed by atoms with E-state index in [1.807, 2.05) is 35.7 Å². The Hall–Kier alpha value is -19.3. The lowest BCUT2D eigenvalue weighted by molar-refractivity contribution is -0.688. The van der Waals surface area contributed by atoms with Crippen LogP contribution in [0.2, 0.25) is 0 Å². The van der Waals surface area contributed by atoms with E-state index in [-0.39, 0.29) is 0 Å². The van der Waals surface area contributed by atoms with E-state index < -0.39 is 0 Å². The third-order valence-electron chi connectivity index (χ3n) is 30.2. The predicted molar refractivity (Wildman–Crippen MR) is 630 cm³/mol. The van der Waals surface area contributed by atoms with Crippen molar-refractivity contribution < 1.29 is 9.30 Å². The van der Waals surface area contributed by atoms with Gasteiger partial charge in [-0.15, -0.1) is 11.3 Å². The van der Waals surface area contributed by atoms with Gasteiger partial charge in [-0.2, -0.15) is 4.57 Å². The molecule has 0 spiro atoms. The van der Waals surface area contributed by atoms with E-state index in [1.54, 1.807) is 0 Å². The number of fused-ring (bicyclic) bond motifs is 22. The van der Waals surface area contributed by atoms with Gasteiger partial charge in [0.1, 0.15) is 0 Å². The summed E-state index contributed by atoms with van der Waals surface area (Å²) in [6.45, 7) is 0.649. The average molecular weight is 1920 g/mol. The number of aromatic nitrogens is 5. The summed E-state index contributed by atoms with van der Waals surface area (Å²) in [4.78, 5) is 0. The second-order valence-electron chi connectivity index (χ2n) is 38.6. The third-order valence-corrected chi connectivity index (χ3v) is 31.4. The second kappa shape index (κ2) is 37.1. The SMILES string of the molecule is c1cc2c3c(c1)ccc[n+]3CO2.c1ccc(-c2ccc(-n3c4ccccc4c4c5c6ccccc6n(-c6ccc(-c7ccccc7)cc6)c5ccc43)cc2)cc1.c1ccc(-c2ccc(-n3c4ccccc4c4cc(-c5ccc6c(c5)c5ccccc5n6-c5ccc(-c6ccccc6)cc5)ccc43)cc2)cc1.c1ccc(-c2cccc3c2sc2c(-c4cccc(-c5ccc6c7ccccc7c7ccccc7c6c5)c4)cccc23)cc1. The molecule has 0 unspecified atom stereocenters. The zero-order valence-electron chi connectivity index (χ0n) is 81.4. The summed E-state index contributed by atoms with van der Waals surface area (Å²) in [6, 6.07) is 200. The van der Waals surface area contributed by atoms with Crippen LogP contribution >= 0.6 is 11.3 Å². The van der Waals surface area contributed by atoms with Crippen LogP contribution < -0.4 is 9.30 Å². The number of pyridine rings is 1. The number of ether oxygens (including phenoxy) is 1. The van der Waals surface area contributed by atoms with Gasteiger partial charge in [0, 0.05) is 92.1 Å². The molecule has 0 aliphatic carbocycles. The summed E-state index contributed by atoms with van der Waals surface area (Å²) in [7, 11) is 0. The lowest BCUT2D eigenvalue weighted by Crippen LogP contribution is -2.31. The molecule has 31 rings (SSSR count). The number of rotatable bonds is 12. The summed E-state index contributed by atoms with van der Waals surface area (Å²) in [5.41, 5.74) is 35.4. The van der Waals surface area contributed by atoms with Crippen LogP contribution in [0, 0.1) is 0 Å². The number of hydrogen-bond acceptors (Lipinski definition) is 2. The van der Waals surface area contributed by atoms with Gasteiger partial charge >= 0.3 is 0 Å². The van der Waals surface area contributed by atoms with Crippen molar-refractivity contribution in [3.63, 3.8) is 0 Å². The van der Waals surface area contributed by atoms with Gasteiger partial charge in [-0.3, -0.25) is 0 Å². The van der Waals surface area contributed by atoms with Crippen LogP contribution in [0.25, 0.3) is 262 Å². The predicted octanol–water partition coefficient (Wildman–Crippen LogP) is 38.1. The second-order valence-corrected chi connectivity index (χ2v) is 39.6. The largest absolute Gasteiger partial charge is 0.429 e. The minimum Gasteiger partial charge on any atom is -0.429 e. The Balaban J connectivity index is 0.000000102. The van der Waals surface area contributed by atoms with Crippen molar-refractivity contribution in [2.75, 3.05) is 0 Å². The van der Waals surface area contributed by atoms with Crippen molar-refractivity contribution in [3.05, 3.63) is 558 Å². The average Bonchev–Trinajstić information content (AvgIpc) is 1.53. The van der Waals surface area contributed by atoms with Crippen molar-refractivity contribution in [2.24, 2.45) is 0 Å². The van der Waals surface area contributed by atoms with E-state index in [2.05, 4.69) is 557 Å². The van der Waals surface area contributed by atoms with E-state index in [9.17, 15) is 0 Å². The lowest BCUT2D eigenvalue weighted by atomic mass is 9.91. The maximum Gasteiger partial charge on any atom is 0.293 e. The van der Waals surface area contributed by atoms with Gasteiger partial charge < -0.3 is 23.0 Å².